The van der Waals surface area contributed by atoms with E-state index >= 15 is 0 Å². The molecule has 3 aliphatic rings. The third-order valence-electron chi connectivity index (χ3n) is 8.38. The highest BCUT2D eigenvalue weighted by Gasteiger charge is 2.45. The summed E-state index contributed by atoms with van der Waals surface area (Å²) < 4.78 is 11.5. The van der Waals surface area contributed by atoms with Crippen molar-refractivity contribution in [3.8, 4) is 0 Å². The van der Waals surface area contributed by atoms with E-state index in [0.29, 0.717) is 25.7 Å². The summed E-state index contributed by atoms with van der Waals surface area (Å²) in [6.07, 6.45) is 7.33. The van der Waals surface area contributed by atoms with Crippen LogP contribution in [-0.4, -0.2) is 57.8 Å². The molecule has 41 heavy (non-hydrogen) atoms. The molecule has 226 valence electrons. The van der Waals surface area contributed by atoms with Crippen LogP contribution in [0.15, 0.2) is 34.8 Å². The molecule has 0 saturated carbocycles. The van der Waals surface area contributed by atoms with Gasteiger partial charge in [-0.1, -0.05) is 32.1 Å². The van der Waals surface area contributed by atoms with Crippen molar-refractivity contribution in [1.29, 1.82) is 0 Å². The van der Waals surface area contributed by atoms with Crippen LogP contribution in [-0.2, 0) is 23.9 Å². The fourth-order valence-corrected chi connectivity index (χ4v) is 6.05. The Morgan fingerprint density at radius 1 is 1.15 bits per heavy atom. The monoisotopic (exact) mass is 587 g/mol. The summed E-state index contributed by atoms with van der Waals surface area (Å²) in [5.74, 6) is -2.14. The number of thiazole rings is 1. The van der Waals surface area contributed by atoms with Crippen molar-refractivity contribution in [1.82, 2.24) is 4.98 Å². The molecule has 0 aromatic carbocycles. The third kappa shape index (κ3) is 9.18. The number of ketones is 1. The smallest absolute Gasteiger partial charge is 0.309 e. The minimum Gasteiger partial charge on any atom is -0.461 e. The molecule has 0 amide bonds. The predicted octanol–water partition coefficient (Wildman–Crippen LogP) is 5.51. The van der Waals surface area contributed by atoms with Crippen LogP contribution in [0.5, 0.6) is 0 Å². The SMILES string of the molecule is C/C(=C\c1csc(C)n1)[C@@H]1C/C=C2\CCC[C@H](C)[C@H](O)[C@@H](C)C(=O)[C@](C)(C/C=C/CCC(=O)OC2)[C@@H](O)CC(=O)O1. The van der Waals surface area contributed by atoms with E-state index in [1.807, 2.05) is 38.3 Å². The Balaban J connectivity index is 2.06. The van der Waals surface area contributed by atoms with Crippen molar-refractivity contribution in [3.05, 3.63) is 45.5 Å². The molecular formula is C32H45NO7S. The molecule has 4 heterocycles. The Bertz CT molecular complexity index is 1170. The third-order valence-corrected chi connectivity index (χ3v) is 9.17. The zero-order chi connectivity index (χ0) is 30.2. The van der Waals surface area contributed by atoms with Crippen molar-refractivity contribution >= 4 is 35.1 Å². The number of rotatable bonds is 2. The Morgan fingerprint density at radius 2 is 1.90 bits per heavy atom. The summed E-state index contributed by atoms with van der Waals surface area (Å²) in [4.78, 5) is 44.0. The number of nitrogens with zero attached hydrogens (tertiary/aromatic N) is 1. The Labute approximate surface area is 247 Å². The molecule has 1 aromatic rings. The van der Waals surface area contributed by atoms with Gasteiger partial charge in [0.2, 0.25) is 0 Å². The van der Waals surface area contributed by atoms with E-state index < -0.39 is 35.6 Å². The minimum atomic E-state index is -1.34. The number of aromatic nitrogens is 1. The number of hydrogen-bond donors (Lipinski definition) is 2. The molecular weight excluding hydrogens is 542 g/mol. The minimum absolute atomic E-state index is 0.139. The summed E-state index contributed by atoms with van der Waals surface area (Å²) >= 11 is 1.53. The van der Waals surface area contributed by atoms with E-state index in [0.717, 1.165) is 28.3 Å². The maximum atomic E-state index is 13.8. The fourth-order valence-electron chi connectivity index (χ4n) is 5.48. The normalized spacial score (nSPS) is 34.0. The van der Waals surface area contributed by atoms with Gasteiger partial charge < -0.3 is 19.7 Å². The number of aliphatic hydroxyl groups excluding tert-OH is 2. The largest absolute Gasteiger partial charge is 0.461 e. The second-order valence-corrected chi connectivity index (χ2v) is 12.8. The number of ether oxygens (including phenoxy) is 2. The van der Waals surface area contributed by atoms with Crippen molar-refractivity contribution in [2.75, 3.05) is 6.61 Å². The Morgan fingerprint density at radius 3 is 2.61 bits per heavy atom. The van der Waals surface area contributed by atoms with Crippen molar-refractivity contribution in [2.24, 2.45) is 17.3 Å². The average molecular weight is 588 g/mol. The number of Topliss-reactive ketones (excluding diaryl/α,β-unsaturated/α-hetero) is 1. The van der Waals surface area contributed by atoms with Gasteiger partial charge in [0.25, 0.3) is 0 Å². The van der Waals surface area contributed by atoms with Gasteiger partial charge >= 0.3 is 11.9 Å². The fraction of sp³-hybridized carbons (Fsp3) is 0.625. The number of fused-ring (bicyclic) bond motifs is 18. The zero-order valence-electron chi connectivity index (χ0n) is 24.9. The molecule has 2 bridgehead atoms. The number of aryl methyl sites for hydroxylation is 1. The molecule has 0 saturated heterocycles. The van der Waals surface area contributed by atoms with Crippen LogP contribution in [0, 0.1) is 24.2 Å². The lowest BCUT2D eigenvalue weighted by Crippen LogP contribution is -2.47. The van der Waals surface area contributed by atoms with Gasteiger partial charge in [-0.05, 0) is 76.0 Å². The number of hydrogen-bond acceptors (Lipinski definition) is 9. The summed E-state index contributed by atoms with van der Waals surface area (Å²) in [6, 6.07) is 0. The summed E-state index contributed by atoms with van der Waals surface area (Å²) in [5, 5.41) is 25.3. The molecule has 1 aromatic heterocycles. The number of aliphatic hydroxyl groups is 2. The van der Waals surface area contributed by atoms with Gasteiger partial charge in [0.05, 0.1) is 34.7 Å². The van der Waals surface area contributed by atoms with Gasteiger partial charge in [0.1, 0.15) is 18.5 Å². The molecule has 3 aliphatic heterocycles. The first-order valence-corrected chi connectivity index (χ1v) is 15.5. The topological polar surface area (TPSA) is 123 Å². The van der Waals surface area contributed by atoms with E-state index in [-0.39, 0.29) is 43.5 Å². The van der Waals surface area contributed by atoms with E-state index in [4.69, 9.17) is 9.47 Å². The lowest BCUT2D eigenvalue weighted by molar-refractivity contribution is -0.154. The molecule has 6 atom stereocenters. The maximum Gasteiger partial charge on any atom is 0.309 e. The summed E-state index contributed by atoms with van der Waals surface area (Å²) in [5.41, 5.74) is 1.13. The van der Waals surface area contributed by atoms with Gasteiger partial charge in [-0.25, -0.2) is 4.98 Å². The Kier molecular flexibility index (Phi) is 12.1. The van der Waals surface area contributed by atoms with Crippen LogP contribution < -0.4 is 0 Å². The van der Waals surface area contributed by atoms with Gasteiger partial charge in [-0.2, -0.15) is 0 Å². The first-order valence-electron chi connectivity index (χ1n) is 14.6. The molecule has 4 rings (SSSR count). The first kappa shape index (κ1) is 32.9. The first-order chi connectivity index (χ1) is 19.4. The van der Waals surface area contributed by atoms with E-state index in [2.05, 4.69) is 4.98 Å². The predicted molar refractivity (Wildman–Crippen MR) is 159 cm³/mol. The van der Waals surface area contributed by atoms with Crippen LogP contribution in [0.4, 0.5) is 0 Å². The van der Waals surface area contributed by atoms with Gasteiger partial charge in [0.15, 0.2) is 0 Å². The van der Waals surface area contributed by atoms with Crippen molar-refractivity contribution in [3.63, 3.8) is 0 Å². The van der Waals surface area contributed by atoms with Crippen LogP contribution in [0.2, 0.25) is 0 Å². The standard InChI is InChI=1S/C32H45NO7S/c1-20-10-9-11-24-13-14-26(21(2)16-25-19-41-23(4)33-25)40-29(36)17-27(34)32(5,31(38)22(3)30(20)37)15-8-6-7-12-28(35)39-18-24/h6,8,13,16,19-20,22,26-27,30,34,37H,7,9-12,14-15,17-18H2,1-5H3/b8-6+,21-16+,24-13+/t20-,22+,26-,27-,30-,32+/m0/s1. The highest BCUT2D eigenvalue weighted by Crippen LogP contribution is 2.36. The van der Waals surface area contributed by atoms with Gasteiger partial charge in [0, 0.05) is 24.1 Å². The quantitative estimate of drug-likeness (QED) is 0.343. The second-order valence-electron chi connectivity index (χ2n) is 11.8. The van der Waals surface area contributed by atoms with E-state index in [9.17, 15) is 24.6 Å². The number of esters is 2. The van der Waals surface area contributed by atoms with Gasteiger partial charge in [-0.3, -0.25) is 14.4 Å². The molecule has 0 unspecified atom stereocenters. The molecule has 8 nitrogen and oxygen atoms in total. The highest BCUT2D eigenvalue weighted by atomic mass is 32.1. The molecule has 2 N–H and O–H groups in total. The van der Waals surface area contributed by atoms with E-state index in [1.165, 1.54) is 11.3 Å². The molecule has 0 fully saturated rings. The van der Waals surface area contributed by atoms with E-state index in [1.54, 1.807) is 26.0 Å². The summed E-state index contributed by atoms with van der Waals surface area (Å²) in [7, 11) is 0. The maximum absolute atomic E-state index is 13.8. The van der Waals surface area contributed by atoms with Crippen molar-refractivity contribution in [2.45, 2.75) is 104 Å². The second kappa shape index (κ2) is 15.0. The lowest BCUT2D eigenvalue weighted by atomic mass is 9.69. The lowest BCUT2D eigenvalue weighted by Gasteiger charge is -2.36. The average Bonchev–Trinajstić information content (AvgIpc) is 3.34. The molecule has 0 spiro atoms. The van der Waals surface area contributed by atoms with Gasteiger partial charge in [-0.15, -0.1) is 11.3 Å². The van der Waals surface area contributed by atoms with Crippen LogP contribution >= 0.6 is 11.3 Å². The van der Waals surface area contributed by atoms with Crippen LogP contribution in [0.3, 0.4) is 0 Å². The Hall–Kier alpha value is -2.62. The number of allylic oxidation sites excluding steroid dienone is 2. The number of carbonyl (C=O) groups excluding carboxylic acids is 3. The van der Waals surface area contributed by atoms with Crippen LogP contribution in [0.25, 0.3) is 6.08 Å². The number of carbonyl (C=O) groups is 3. The molecule has 9 heteroatoms. The highest BCUT2D eigenvalue weighted by molar-refractivity contribution is 7.09. The van der Waals surface area contributed by atoms with Crippen molar-refractivity contribution < 1.29 is 34.1 Å². The molecule has 0 radical (unpaired) electrons. The molecule has 0 aliphatic carbocycles. The zero-order valence-corrected chi connectivity index (χ0v) is 25.7. The van der Waals surface area contributed by atoms with Crippen LogP contribution in [0.1, 0.15) is 89.8 Å². The summed E-state index contributed by atoms with van der Waals surface area (Å²) in [6.45, 7) is 9.19.